The first-order valence-electron chi connectivity index (χ1n) is 6.75. The molecule has 118 valence electrons. The molecule has 3 heterocycles. The zero-order valence-electron chi connectivity index (χ0n) is 12.0. The summed E-state index contributed by atoms with van der Waals surface area (Å²) in [5, 5.41) is 3.80. The molecule has 3 rings (SSSR count). The molecule has 0 unspecified atom stereocenters. The molecular formula is C15H12Cl2N4OS. The first-order valence-corrected chi connectivity index (χ1v) is 8.39. The van der Waals surface area contributed by atoms with E-state index in [0.717, 1.165) is 10.7 Å². The van der Waals surface area contributed by atoms with Gasteiger partial charge in [-0.2, -0.15) is 0 Å². The van der Waals surface area contributed by atoms with Crippen LogP contribution >= 0.6 is 35.0 Å². The number of carbonyl (C=O) groups excluding carboxylic acids is 1. The van der Waals surface area contributed by atoms with Crippen molar-refractivity contribution in [3.63, 3.8) is 0 Å². The number of amides is 1. The van der Waals surface area contributed by atoms with Gasteiger partial charge in [0.05, 0.1) is 27.0 Å². The van der Waals surface area contributed by atoms with Crippen molar-refractivity contribution in [2.45, 2.75) is 17.3 Å². The number of hydrogen-bond acceptors (Lipinski definition) is 4. The molecule has 1 amide bonds. The van der Waals surface area contributed by atoms with Crippen LogP contribution in [0.25, 0.3) is 5.52 Å². The van der Waals surface area contributed by atoms with E-state index in [1.807, 2.05) is 28.8 Å². The van der Waals surface area contributed by atoms with Crippen LogP contribution in [0.5, 0.6) is 0 Å². The Morgan fingerprint density at radius 3 is 2.91 bits per heavy atom. The molecule has 0 radical (unpaired) electrons. The Hall–Kier alpha value is -1.76. The number of rotatable bonds is 4. The van der Waals surface area contributed by atoms with E-state index in [9.17, 15) is 4.79 Å². The standard InChI is InChI=1S/C15H12Cl2N4OS/c1-9(14(22)20-13-12(17)6-10(16)7-18-13)23-15-19-8-11-4-2-3-5-21(11)15/h2-9H,1H3,(H,18,20,22)/t9-/m1/s1. The number of hydrogen-bond donors (Lipinski definition) is 1. The Morgan fingerprint density at radius 2 is 2.13 bits per heavy atom. The Kier molecular flexibility index (Phi) is 4.75. The van der Waals surface area contributed by atoms with E-state index >= 15 is 0 Å². The predicted octanol–water partition coefficient (Wildman–Crippen LogP) is 4.16. The second-order valence-corrected chi connectivity index (χ2v) is 6.92. The van der Waals surface area contributed by atoms with Crippen molar-refractivity contribution >= 4 is 52.2 Å². The van der Waals surface area contributed by atoms with Crippen LogP contribution < -0.4 is 5.32 Å². The molecule has 8 heteroatoms. The average Bonchev–Trinajstić information content (AvgIpc) is 2.93. The number of aromatic nitrogens is 3. The van der Waals surface area contributed by atoms with Gasteiger partial charge in [-0.3, -0.25) is 9.20 Å². The minimum Gasteiger partial charge on any atom is -0.308 e. The van der Waals surface area contributed by atoms with Crippen molar-refractivity contribution in [2.24, 2.45) is 0 Å². The van der Waals surface area contributed by atoms with Gasteiger partial charge in [0, 0.05) is 12.4 Å². The third-order valence-corrected chi connectivity index (χ3v) is 4.68. The van der Waals surface area contributed by atoms with Crippen LogP contribution in [-0.2, 0) is 4.79 Å². The molecule has 3 aromatic heterocycles. The highest BCUT2D eigenvalue weighted by molar-refractivity contribution is 8.00. The Labute approximate surface area is 147 Å². The molecule has 0 bridgehead atoms. The lowest BCUT2D eigenvalue weighted by atomic mass is 10.4. The summed E-state index contributed by atoms with van der Waals surface area (Å²) < 4.78 is 1.93. The van der Waals surface area contributed by atoms with Crippen molar-refractivity contribution in [1.29, 1.82) is 0 Å². The van der Waals surface area contributed by atoms with Gasteiger partial charge < -0.3 is 5.32 Å². The van der Waals surface area contributed by atoms with Gasteiger partial charge in [0.1, 0.15) is 0 Å². The molecule has 1 N–H and O–H groups in total. The molecule has 1 atom stereocenters. The molecule has 0 saturated heterocycles. The van der Waals surface area contributed by atoms with Gasteiger partial charge in [-0.15, -0.1) is 0 Å². The van der Waals surface area contributed by atoms with Crippen molar-refractivity contribution in [1.82, 2.24) is 14.4 Å². The number of anilines is 1. The Morgan fingerprint density at radius 1 is 1.30 bits per heavy atom. The zero-order valence-corrected chi connectivity index (χ0v) is 14.4. The summed E-state index contributed by atoms with van der Waals surface area (Å²) in [4.78, 5) is 20.7. The molecule has 0 aliphatic carbocycles. The number of nitrogens with one attached hydrogen (secondary N) is 1. The van der Waals surface area contributed by atoms with Gasteiger partial charge in [-0.05, 0) is 25.1 Å². The first-order chi connectivity index (χ1) is 11.0. The van der Waals surface area contributed by atoms with E-state index in [1.165, 1.54) is 24.0 Å². The second kappa shape index (κ2) is 6.78. The fourth-order valence-electron chi connectivity index (χ4n) is 1.94. The fourth-order valence-corrected chi connectivity index (χ4v) is 3.25. The molecular weight excluding hydrogens is 355 g/mol. The summed E-state index contributed by atoms with van der Waals surface area (Å²) in [6.45, 7) is 1.80. The summed E-state index contributed by atoms with van der Waals surface area (Å²) in [7, 11) is 0. The van der Waals surface area contributed by atoms with Crippen molar-refractivity contribution in [3.05, 3.63) is 52.9 Å². The Bertz CT molecular complexity index is 868. The van der Waals surface area contributed by atoms with Gasteiger partial charge in [0.15, 0.2) is 11.0 Å². The van der Waals surface area contributed by atoms with Crippen LogP contribution in [0.4, 0.5) is 5.82 Å². The van der Waals surface area contributed by atoms with E-state index in [1.54, 1.807) is 13.1 Å². The van der Waals surface area contributed by atoms with Crippen LogP contribution in [0.15, 0.2) is 48.0 Å². The van der Waals surface area contributed by atoms with Crippen molar-refractivity contribution in [2.75, 3.05) is 5.32 Å². The molecule has 0 spiro atoms. The van der Waals surface area contributed by atoms with E-state index in [0.29, 0.717) is 15.9 Å². The number of nitrogens with zero attached hydrogens (tertiary/aromatic N) is 3. The lowest BCUT2D eigenvalue weighted by molar-refractivity contribution is -0.115. The zero-order chi connectivity index (χ0) is 16.4. The predicted molar refractivity (Wildman–Crippen MR) is 93.4 cm³/mol. The molecule has 5 nitrogen and oxygen atoms in total. The van der Waals surface area contributed by atoms with E-state index < -0.39 is 0 Å². The average molecular weight is 367 g/mol. The monoisotopic (exact) mass is 366 g/mol. The largest absolute Gasteiger partial charge is 0.308 e. The van der Waals surface area contributed by atoms with Gasteiger partial charge in [-0.25, -0.2) is 9.97 Å². The maximum absolute atomic E-state index is 12.3. The third kappa shape index (κ3) is 3.60. The smallest absolute Gasteiger partial charge is 0.238 e. The highest BCUT2D eigenvalue weighted by Crippen LogP contribution is 2.26. The van der Waals surface area contributed by atoms with E-state index in [2.05, 4.69) is 15.3 Å². The van der Waals surface area contributed by atoms with Gasteiger partial charge in [-0.1, -0.05) is 41.0 Å². The third-order valence-electron chi connectivity index (χ3n) is 3.11. The number of thioether (sulfide) groups is 1. The minimum atomic E-state index is -0.366. The van der Waals surface area contributed by atoms with Crippen LogP contribution in [0.3, 0.4) is 0 Å². The number of imidazole rings is 1. The quantitative estimate of drug-likeness (QED) is 0.704. The van der Waals surface area contributed by atoms with Crippen LogP contribution in [-0.4, -0.2) is 25.5 Å². The van der Waals surface area contributed by atoms with Crippen molar-refractivity contribution in [3.8, 4) is 0 Å². The lowest BCUT2D eigenvalue weighted by Gasteiger charge is -2.11. The number of pyridine rings is 2. The number of halogens is 2. The van der Waals surface area contributed by atoms with Crippen molar-refractivity contribution < 1.29 is 4.79 Å². The lowest BCUT2D eigenvalue weighted by Crippen LogP contribution is -2.23. The maximum atomic E-state index is 12.3. The van der Waals surface area contributed by atoms with Gasteiger partial charge in [0.2, 0.25) is 5.91 Å². The molecule has 0 aliphatic rings. The van der Waals surface area contributed by atoms with Gasteiger partial charge >= 0.3 is 0 Å². The Balaban J connectivity index is 1.72. The normalized spacial score (nSPS) is 12.3. The summed E-state index contributed by atoms with van der Waals surface area (Å²) in [5.41, 5.74) is 0.977. The molecule has 23 heavy (non-hydrogen) atoms. The SMILES string of the molecule is C[C@@H](Sc1ncc2ccccn12)C(=O)Nc1ncc(Cl)cc1Cl. The summed E-state index contributed by atoms with van der Waals surface area (Å²) in [6.07, 6.45) is 5.11. The molecule has 0 saturated carbocycles. The minimum absolute atomic E-state index is 0.209. The van der Waals surface area contributed by atoms with Crippen LogP contribution in [0.1, 0.15) is 6.92 Å². The van der Waals surface area contributed by atoms with E-state index in [4.69, 9.17) is 23.2 Å². The summed E-state index contributed by atoms with van der Waals surface area (Å²) >= 11 is 13.2. The van der Waals surface area contributed by atoms with E-state index in [-0.39, 0.29) is 11.2 Å². The topological polar surface area (TPSA) is 59.3 Å². The molecule has 0 aliphatic heterocycles. The van der Waals surface area contributed by atoms with Crippen LogP contribution in [0.2, 0.25) is 10.0 Å². The molecule has 0 aromatic carbocycles. The highest BCUT2D eigenvalue weighted by atomic mass is 35.5. The molecule has 3 aromatic rings. The second-order valence-electron chi connectivity index (χ2n) is 4.77. The summed E-state index contributed by atoms with van der Waals surface area (Å²) in [6, 6.07) is 7.35. The maximum Gasteiger partial charge on any atom is 0.238 e. The summed E-state index contributed by atoms with van der Waals surface area (Å²) in [5.74, 6) is 0.0842. The first kappa shape index (κ1) is 16.1. The molecule has 0 fully saturated rings. The number of carbonyl (C=O) groups is 1. The number of fused-ring (bicyclic) bond motifs is 1. The highest BCUT2D eigenvalue weighted by Gasteiger charge is 2.18. The van der Waals surface area contributed by atoms with Crippen LogP contribution in [0, 0.1) is 0 Å². The van der Waals surface area contributed by atoms with Gasteiger partial charge in [0.25, 0.3) is 0 Å². The fraction of sp³-hybridized carbons (Fsp3) is 0.133.